The van der Waals surface area contributed by atoms with Gasteiger partial charge in [0.2, 0.25) is 0 Å². The maximum atomic E-state index is 11.2. The molecule has 0 aliphatic rings. The van der Waals surface area contributed by atoms with Crippen LogP contribution >= 0.6 is 0 Å². The van der Waals surface area contributed by atoms with Crippen molar-refractivity contribution in [1.29, 1.82) is 0 Å². The number of benzene rings is 1. The number of hydrogen-bond acceptors (Lipinski definition) is 3. The molecule has 0 spiro atoms. The summed E-state index contributed by atoms with van der Waals surface area (Å²) in [5, 5.41) is 2.44. The fourth-order valence-corrected chi connectivity index (χ4v) is 1.64. The maximum absolute atomic E-state index is 11.2. The molecule has 0 aromatic heterocycles. The number of anilines is 1. The van der Waals surface area contributed by atoms with Crippen LogP contribution in [-0.4, -0.2) is 26.2 Å². The average molecular weight is 236 g/mol. The van der Waals surface area contributed by atoms with Gasteiger partial charge in [0.25, 0.3) is 0 Å². The van der Waals surface area contributed by atoms with Crippen molar-refractivity contribution in [3.05, 3.63) is 23.8 Å². The van der Waals surface area contributed by atoms with Crippen molar-refractivity contribution < 1.29 is 9.53 Å². The van der Waals surface area contributed by atoms with Gasteiger partial charge < -0.3 is 15.0 Å². The third-order valence-corrected chi connectivity index (χ3v) is 2.71. The SMILES string of the molecule is CCN(CC)c1ccc(C)c(OC(=O)NC)c1. The summed E-state index contributed by atoms with van der Waals surface area (Å²) in [6.07, 6.45) is -0.440. The fraction of sp³-hybridized carbons (Fsp3) is 0.462. The number of nitrogens with one attached hydrogen (secondary N) is 1. The van der Waals surface area contributed by atoms with E-state index in [0.29, 0.717) is 5.75 Å². The van der Waals surface area contributed by atoms with Crippen molar-refractivity contribution >= 4 is 11.8 Å². The molecule has 0 saturated carbocycles. The smallest absolute Gasteiger partial charge is 0.410 e. The second-order valence-corrected chi connectivity index (χ2v) is 3.76. The molecule has 0 radical (unpaired) electrons. The molecule has 1 aromatic carbocycles. The number of hydrogen-bond donors (Lipinski definition) is 1. The minimum Gasteiger partial charge on any atom is -0.410 e. The molecule has 4 heteroatoms. The van der Waals surface area contributed by atoms with Gasteiger partial charge in [-0.1, -0.05) is 6.07 Å². The third-order valence-electron chi connectivity index (χ3n) is 2.71. The zero-order chi connectivity index (χ0) is 12.8. The average Bonchev–Trinajstić information content (AvgIpc) is 2.34. The lowest BCUT2D eigenvalue weighted by Gasteiger charge is -2.22. The highest BCUT2D eigenvalue weighted by Crippen LogP contribution is 2.25. The predicted octanol–water partition coefficient (Wildman–Crippen LogP) is 2.56. The Morgan fingerprint density at radius 3 is 2.53 bits per heavy atom. The van der Waals surface area contributed by atoms with Crippen molar-refractivity contribution in [2.75, 3.05) is 25.0 Å². The Bertz CT molecular complexity index is 387. The molecule has 1 rings (SSSR count). The first-order valence-corrected chi connectivity index (χ1v) is 5.87. The summed E-state index contributed by atoms with van der Waals surface area (Å²) < 4.78 is 5.20. The molecule has 1 amide bonds. The third kappa shape index (κ3) is 3.37. The molecule has 0 unspecified atom stereocenters. The molecular weight excluding hydrogens is 216 g/mol. The van der Waals surface area contributed by atoms with Gasteiger partial charge in [0.15, 0.2) is 0 Å². The lowest BCUT2D eigenvalue weighted by Crippen LogP contribution is -2.24. The number of carbonyl (C=O) groups excluding carboxylic acids is 1. The van der Waals surface area contributed by atoms with Crippen molar-refractivity contribution in [2.24, 2.45) is 0 Å². The minimum absolute atomic E-state index is 0.440. The van der Waals surface area contributed by atoms with Gasteiger partial charge in [-0.2, -0.15) is 0 Å². The van der Waals surface area contributed by atoms with E-state index in [9.17, 15) is 4.79 Å². The van der Waals surface area contributed by atoms with E-state index in [0.717, 1.165) is 24.3 Å². The quantitative estimate of drug-likeness (QED) is 0.873. The highest BCUT2D eigenvalue weighted by molar-refractivity contribution is 5.71. The molecule has 0 heterocycles. The van der Waals surface area contributed by atoms with Crippen LogP contribution in [0.3, 0.4) is 0 Å². The summed E-state index contributed by atoms with van der Waals surface area (Å²) >= 11 is 0. The Kier molecular flexibility index (Phi) is 4.82. The van der Waals surface area contributed by atoms with E-state index in [1.54, 1.807) is 7.05 Å². The van der Waals surface area contributed by atoms with Crippen LogP contribution in [0, 0.1) is 6.92 Å². The van der Waals surface area contributed by atoms with Crippen LogP contribution in [-0.2, 0) is 0 Å². The molecular formula is C13H20N2O2. The fourth-order valence-electron chi connectivity index (χ4n) is 1.64. The van der Waals surface area contributed by atoms with Crippen molar-refractivity contribution in [1.82, 2.24) is 5.32 Å². The lowest BCUT2D eigenvalue weighted by molar-refractivity contribution is 0.202. The van der Waals surface area contributed by atoms with Crippen molar-refractivity contribution in [2.45, 2.75) is 20.8 Å². The van der Waals surface area contributed by atoms with E-state index in [-0.39, 0.29) is 0 Å². The van der Waals surface area contributed by atoms with Gasteiger partial charge in [-0.05, 0) is 32.4 Å². The van der Waals surface area contributed by atoms with Crippen LogP contribution in [0.2, 0.25) is 0 Å². The molecule has 94 valence electrons. The van der Waals surface area contributed by atoms with Crippen molar-refractivity contribution in [3.8, 4) is 5.75 Å². The zero-order valence-corrected chi connectivity index (χ0v) is 10.9. The molecule has 0 atom stereocenters. The van der Waals surface area contributed by atoms with E-state index >= 15 is 0 Å². The van der Waals surface area contributed by atoms with Gasteiger partial charge in [0.05, 0.1) is 0 Å². The van der Waals surface area contributed by atoms with E-state index < -0.39 is 6.09 Å². The number of aryl methyl sites for hydroxylation is 1. The molecule has 1 aromatic rings. The first-order valence-electron chi connectivity index (χ1n) is 5.87. The van der Waals surface area contributed by atoms with Crippen LogP contribution in [0.15, 0.2) is 18.2 Å². The Morgan fingerprint density at radius 1 is 1.35 bits per heavy atom. The second kappa shape index (κ2) is 6.13. The minimum atomic E-state index is -0.440. The summed E-state index contributed by atoms with van der Waals surface area (Å²) in [4.78, 5) is 13.4. The highest BCUT2D eigenvalue weighted by atomic mass is 16.6. The summed E-state index contributed by atoms with van der Waals surface area (Å²) in [5.41, 5.74) is 2.02. The van der Waals surface area contributed by atoms with Gasteiger partial charge >= 0.3 is 6.09 Å². The van der Waals surface area contributed by atoms with Gasteiger partial charge in [-0.25, -0.2) is 4.79 Å². The van der Waals surface area contributed by atoms with Gasteiger partial charge in [-0.15, -0.1) is 0 Å². The Hall–Kier alpha value is -1.71. The Balaban J connectivity index is 2.97. The predicted molar refractivity (Wildman–Crippen MR) is 69.8 cm³/mol. The Morgan fingerprint density at radius 2 is 2.00 bits per heavy atom. The second-order valence-electron chi connectivity index (χ2n) is 3.76. The van der Waals surface area contributed by atoms with E-state index in [1.165, 1.54) is 0 Å². The highest BCUT2D eigenvalue weighted by Gasteiger charge is 2.08. The molecule has 0 bridgehead atoms. The first kappa shape index (κ1) is 13.4. The van der Waals surface area contributed by atoms with E-state index in [2.05, 4.69) is 24.1 Å². The molecule has 4 nitrogen and oxygen atoms in total. The van der Waals surface area contributed by atoms with Crippen molar-refractivity contribution in [3.63, 3.8) is 0 Å². The number of ether oxygens (including phenoxy) is 1. The molecule has 0 fully saturated rings. The van der Waals surface area contributed by atoms with Crippen LogP contribution in [0.4, 0.5) is 10.5 Å². The number of amides is 1. The van der Waals surface area contributed by atoms with Gasteiger partial charge in [0, 0.05) is 31.9 Å². The van der Waals surface area contributed by atoms with Crippen LogP contribution < -0.4 is 15.0 Å². The zero-order valence-electron chi connectivity index (χ0n) is 10.9. The first-order chi connectivity index (χ1) is 8.12. The summed E-state index contributed by atoms with van der Waals surface area (Å²) in [7, 11) is 1.55. The summed E-state index contributed by atoms with van der Waals surface area (Å²) in [6, 6.07) is 5.91. The molecule has 1 N–H and O–H groups in total. The number of rotatable bonds is 4. The Labute approximate surface area is 103 Å². The van der Waals surface area contributed by atoms with Gasteiger partial charge in [-0.3, -0.25) is 0 Å². The van der Waals surface area contributed by atoms with Crippen LogP contribution in [0.25, 0.3) is 0 Å². The molecule has 17 heavy (non-hydrogen) atoms. The normalized spacial score (nSPS) is 9.88. The van der Waals surface area contributed by atoms with E-state index in [1.807, 2.05) is 25.1 Å². The monoisotopic (exact) mass is 236 g/mol. The molecule has 0 saturated heterocycles. The summed E-state index contributed by atoms with van der Waals surface area (Å²) in [5.74, 6) is 0.605. The molecule has 0 aliphatic carbocycles. The molecule has 0 aliphatic heterocycles. The topological polar surface area (TPSA) is 41.6 Å². The maximum Gasteiger partial charge on any atom is 0.412 e. The van der Waals surface area contributed by atoms with Crippen LogP contribution in [0.1, 0.15) is 19.4 Å². The van der Waals surface area contributed by atoms with Gasteiger partial charge in [0.1, 0.15) is 5.75 Å². The standard InChI is InChI=1S/C13H20N2O2/c1-5-15(6-2)11-8-7-10(3)12(9-11)17-13(16)14-4/h7-9H,5-6H2,1-4H3,(H,14,16). The largest absolute Gasteiger partial charge is 0.412 e. The number of nitrogens with zero attached hydrogens (tertiary/aromatic N) is 1. The number of carbonyl (C=O) groups is 1. The lowest BCUT2D eigenvalue weighted by atomic mass is 10.2. The van der Waals surface area contributed by atoms with E-state index in [4.69, 9.17) is 4.74 Å². The van der Waals surface area contributed by atoms with Crippen LogP contribution in [0.5, 0.6) is 5.75 Å². The summed E-state index contributed by atoms with van der Waals surface area (Å²) in [6.45, 7) is 7.98.